The first kappa shape index (κ1) is 18.9. The number of hydrogen-bond acceptors (Lipinski definition) is 7. The topological polar surface area (TPSA) is 157 Å². The molecule has 1 aromatic carbocycles. The van der Waals surface area contributed by atoms with Gasteiger partial charge in [-0.3, -0.25) is 4.79 Å². The van der Waals surface area contributed by atoms with E-state index in [1.807, 2.05) is 0 Å². The van der Waals surface area contributed by atoms with E-state index in [1.54, 1.807) is 18.2 Å². The summed E-state index contributed by atoms with van der Waals surface area (Å²) in [6, 6.07) is 6.78. The summed E-state index contributed by atoms with van der Waals surface area (Å²) < 4.78 is 5.12. The summed E-state index contributed by atoms with van der Waals surface area (Å²) in [6.45, 7) is -0.817. The summed E-state index contributed by atoms with van der Waals surface area (Å²) in [7, 11) is 0. The normalized spacial score (nSPS) is 25.3. The van der Waals surface area contributed by atoms with Crippen LogP contribution in [0.15, 0.2) is 42.2 Å². The molecule has 0 aliphatic carbocycles. The molecule has 1 unspecified atom stereocenters. The highest BCUT2D eigenvalue weighted by atomic mass is 16.5. The molecule has 0 radical (unpaired) electrons. The number of ether oxygens (including phenoxy) is 1. The molecule has 0 spiro atoms. The Bertz CT molecular complexity index is 647. The predicted octanol–water partition coefficient (Wildman–Crippen LogP) is -1.77. The van der Waals surface area contributed by atoms with Crippen molar-refractivity contribution in [1.29, 1.82) is 0 Å². The van der Waals surface area contributed by atoms with E-state index >= 15 is 0 Å². The van der Waals surface area contributed by atoms with Crippen molar-refractivity contribution in [3.8, 4) is 0 Å². The number of aliphatic carboxylic acids is 1. The van der Waals surface area contributed by atoms with Gasteiger partial charge in [0.1, 0.15) is 18.3 Å². The van der Waals surface area contributed by atoms with Gasteiger partial charge in [-0.1, -0.05) is 18.2 Å². The number of rotatable bonds is 6. The monoisotopic (exact) mass is 353 g/mol. The molecule has 0 aromatic heterocycles. The number of aliphatic hydroxyl groups is 4. The number of amides is 1. The molecule has 6 N–H and O–H groups in total. The van der Waals surface area contributed by atoms with Gasteiger partial charge in [-0.2, -0.15) is 0 Å². The standard InChI is InChI=1S/C16H19NO8/c18-7-10(20)13(21)14-12(9(19)6-11(25-14)16(23)24)17-15(22)8-4-2-1-3-5-8/h1-6,9-10,12-14,18-21H,7H2,(H,17,22)(H,23,24)/t9-,10?,12+,13+,14+/m0/s1. The first-order valence-corrected chi connectivity index (χ1v) is 7.48. The Balaban J connectivity index is 2.27. The van der Waals surface area contributed by atoms with Gasteiger partial charge in [-0.15, -0.1) is 0 Å². The van der Waals surface area contributed by atoms with Crippen LogP contribution in [0, 0.1) is 0 Å². The van der Waals surface area contributed by atoms with Crippen molar-refractivity contribution >= 4 is 11.9 Å². The lowest BCUT2D eigenvalue weighted by Gasteiger charge is -2.38. The number of carboxylic acid groups (broad SMARTS) is 1. The second-order valence-corrected chi connectivity index (χ2v) is 5.51. The molecule has 0 saturated heterocycles. The zero-order chi connectivity index (χ0) is 18.6. The molecule has 136 valence electrons. The van der Waals surface area contributed by atoms with Gasteiger partial charge in [0.25, 0.3) is 5.91 Å². The quantitative estimate of drug-likeness (QED) is 0.351. The molecule has 1 aliphatic heterocycles. The fourth-order valence-corrected chi connectivity index (χ4v) is 2.43. The summed E-state index contributed by atoms with van der Waals surface area (Å²) in [5, 5.41) is 50.3. The summed E-state index contributed by atoms with van der Waals surface area (Å²) >= 11 is 0. The summed E-state index contributed by atoms with van der Waals surface area (Å²) in [5.41, 5.74) is 0.277. The van der Waals surface area contributed by atoms with Crippen LogP contribution < -0.4 is 5.32 Å². The van der Waals surface area contributed by atoms with Crippen LogP contribution in [-0.2, 0) is 9.53 Å². The molecule has 0 saturated carbocycles. The maximum Gasteiger partial charge on any atom is 0.370 e. The van der Waals surface area contributed by atoms with Gasteiger partial charge in [0.15, 0.2) is 6.10 Å². The fourth-order valence-electron chi connectivity index (χ4n) is 2.43. The molecule has 9 nitrogen and oxygen atoms in total. The molecule has 1 aromatic rings. The van der Waals surface area contributed by atoms with Gasteiger partial charge in [0.2, 0.25) is 5.76 Å². The zero-order valence-corrected chi connectivity index (χ0v) is 13.0. The van der Waals surface area contributed by atoms with E-state index in [4.69, 9.17) is 14.9 Å². The third-order valence-electron chi connectivity index (χ3n) is 3.77. The highest BCUT2D eigenvalue weighted by molar-refractivity contribution is 5.94. The molecule has 9 heteroatoms. The van der Waals surface area contributed by atoms with Crippen LogP contribution in [-0.4, -0.2) is 74.5 Å². The van der Waals surface area contributed by atoms with Gasteiger partial charge in [0, 0.05) is 5.56 Å². The third kappa shape index (κ3) is 4.34. The van der Waals surface area contributed by atoms with E-state index in [-0.39, 0.29) is 5.56 Å². The maximum atomic E-state index is 12.3. The SMILES string of the molecule is O=C(O)C1=C[C@H](O)[C@@H](NC(=O)c2ccccc2)[C@H]([C@H](O)C(O)CO)O1. The summed E-state index contributed by atoms with van der Waals surface area (Å²) in [6.07, 6.45) is -5.49. The molecular weight excluding hydrogens is 334 g/mol. The molecule has 0 fully saturated rings. The van der Waals surface area contributed by atoms with E-state index in [0.717, 1.165) is 6.08 Å². The molecule has 1 aliphatic rings. The van der Waals surface area contributed by atoms with Gasteiger partial charge in [-0.05, 0) is 18.2 Å². The predicted molar refractivity (Wildman–Crippen MR) is 83.4 cm³/mol. The molecule has 1 amide bonds. The van der Waals surface area contributed by atoms with Crippen LogP contribution in [0.1, 0.15) is 10.4 Å². The van der Waals surface area contributed by atoms with Crippen LogP contribution in [0.3, 0.4) is 0 Å². The Labute approximate surface area is 142 Å². The summed E-state index contributed by atoms with van der Waals surface area (Å²) in [4.78, 5) is 23.3. The second-order valence-electron chi connectivity index (χ2n) is 5.51. The molecule has 5 atom stereocenters. The van der Waals surface area contributed by atoms with E-state index in [9.17, 15) is 24.9 Å². The van der Waals surface area contributed by atoms with Crippen molar-refractivity contribution in [2.75, 3.05) is 6.61 Å². The molecule has 0 bridgehead atoms. The molecular formula is C16H19NO8. The van der Waals surface area contributed by atoms with Crippen LogP contribution in [0.5, 0.6) is 0 Å². The average molecular weight is 353 g/mol. The highest BCUT2D eigenvalue weighted by Crippen LogP contribution is 2.23. The van der Waals surface area contributed by atoms with Crippen LogP contribution in [0.2, 0.25) is 0 Å². The fraction of sp³-hybridized carbons (Fsp3) is 0.375. The molecule has 2 rings (SSSR count). The largest absolute Gasteiger partial charge is 0.478 e. The average Bonchev–Trinajstić information content (AvgIpc) is 2.62. The number of hydrogen-bond donors (Lipinski definition) is 6. The zero-order valence-electron chi connectivity index (χ0n) is 13.0. The number of benzene rings is 1. The van der Waals surface area contributed by atoms with Crippen molar-refractivity contribution in [2.45, 2.75) is 30.5 Å². The Hall–Kier alpha value is -2.46. The van der Waals surface area contributed by atoms with E-state index in [2.05, 4.69) is 5.32 Å². The van der Waals surface area contributed by atoms with Crippen molar-refractivity contribution < 1.29 is 39.9 Å². The van der Waals surface area contributed by atoms with E-state index < -0.39 is 54.7 Å². The Morgan fingerprint density at radius 2 is 1.84 bits per heavy atom. The van der Waals surface area contributed by atoms with Crippen molar-refractivity contribution in [2.24, 2.45) is 0 Å². The summed E-state index contributed by atoms with van der Waals surface area (Å²) in [5.74, 6) is -2.70. The molecule has 25 heavy (non-hydrogen) atoms. The smallest absolute Gasteiger partial charge is 0.370 e. The first-order valence-electron chi connectivity index (χ1n) is 7.48. The lowest BCUT2D eigenvalue weighted by molar-refractivity contribution is -0.147. The van der Waals surface area contributed by atoms with Gasteiger partial charge < -0.3 is 35.6 Å². The lowest BCUT2D eigenvalue weighted by atomic mass is 9.93. The number of carbonyl (C=O) groups excluding carboxylic acids is 1. The second kappa shape index (κ2) is 8.08. The minimum atomic E-state index is -1.75. The van der Waals surface area contributed by atoms with Crippen LogP contribution >= 0.6 is 0 Å². The minimum Gasteiger partial charge on any atom is -0.478 e. The van der Waals surface area contributed by atoms with Crippen molar-refractivity contribution in [3.05, 3.63) is 47.7 Å². The van der Waals surface area contributed by atoms with Gasteiger partial charge in [-0.25, -0.2) is 4.79 Å². The maximum absolute atomic E-state index is 12.3. The minimum absolute atomic E-state index is 0.277. The van der Waals surface area contributed by atoms with Crippen molar-refractivity contribution in [1.82, 2.24) is 5.32 Å². The third-order valence-corrected chi connectivity index (χ3v) is 3.77. The van der Waals surface area contributed by atoms with Gasteiger partial charge >= 0.3 is 5.97 Å². The van der Waals surface area contributed by atoms with E-state index in [1.165, 1.54) is 12.1 Å². The van der Waals surface area contributed by atoms with Crippen LogP contribution in [0.4, 0.5) is 0 Å². The Morgan fingerprint density at radius 3 is 2.40 bits per heavy atom. The Morgan fingerprint density at radius 1 is 1.20 bits per heavy atom. The highest BCUT2D eigenvalue weighted by Gasteiger charge is 2.43. The first-order chi connectivity index (χ1) is 11.8. The molecule has 1 heterocycles. The van der Waals surface area contributed by atoms with Crippen LogP contribution in [0.25, 0.3) is 0 Å². The number of carboxylic acids is 1. The number of carbonyl (C=O) groups is 2. The number of nitrogens with one attached hydrogen (secondary N) is 1. The van der Waals surface area contributed by atoms with Crippen molar-refractivity contribution in [3.63, 3.8) is 0 Å². The Kier molecular flexibility index (Phi) is 6.10. The lowest BCUT2D eigenvalue weighted by Crippen LogP contribution is -2.60. The van der Waals surface area contributed by atoms with E-state index in [0.29, 0.717) is 0 Å². The van der Waals surface area contributed by atoms with Gasteiger partial charge in [0.05, 0.1) is 12.6 Å². The number of aliphatic hydroxyl groups excluding tert-OH is 4.